The highest BCUT2D eigenvalue weighted by Crippen LogP contribution is 2.03. The van der Waals surface area contributed by atoms with Crippen LogP contribution in [0.5, 0.6) is 0 Å². The fourth-order valence-corrected chi connectivity index (χ4v) is 2.36. The van der Waals surface area contributed by atoms with Crippen LogP contribution in [-0.2, 0) is 10.2 Å². The molecule has 0 rings (SSSR count). The SMILES string of the molecule is CC(C)[N+](C(C)C)S(N)(=O)=O. The van der Waals surface area contributed by atoms with Crippen molar-refractivity contribution in [2.75, 3.05) is 0 Å². The molecule has 1 radical (unpaired) electrons. The Balaban J connectivity index is 4.64. The predicted octanol–water partition coefficient (Wildman–Crippen LogP) is 0.147. The number of rotatable bonds is 3. The van der Waals surface area contributed by atoms with Gasteiger partial charge in [0.15, 0.2) is 0 Å². The molecule has 0 heterocycles. The first-order valence-corrected chi connectivity index (χ1v) is 5.08. The van der Waals surface area contributed by atoms with Gasteiger partial charge in [-0.1, -0.05) is 0 Å². The van der Waals surface area contributed by atoms with Crippen LogP contribution in [0.4, 0.5) is 0 Å². The Morgan fingerprint density at radius 2 is 1.36 bits per heavy atom. The Kier molecular flexibility index (Phi) is 3.47. The molecule has 11 heavy (non-hydrogen) atoms. The standard InChI is InChI=1S/C6H16N2O2S/c1-5(2)8(6(3)4)11(7,9)10/h5-6H,1-4H3,(H2,7,9,10)/q+1. The average molecular weight is 180 g/mol. The molecule has 0 saturated heterocycles. The molecule has 0 unspecified atom stereocenters. The van der Waals surface area contributed by atoms with Crippen molar-refractivity contribution in [2.45, 2.75) is 39.8 Å². The van der Waals surface area contributed by atoms with Gasteiger partial charge < -0.3 is 0 Å². The van der Waals surface area contributed by atoms with Crippen LogP contribution in [0.3, 0.4) is 0 Å². The summed E-state index contributed by atoms with van der Waals surface area (Å²) >= 11 is 0. The van der Waals surface area contributed by atoms with Gasteiger partial charge in [-0.2, -0.15) is 13.6 Å². The van der Waals surface area contributed by atoms with E-state index in [-0.39, 0.29) is 12.1 Å². The largest absolute Gasteiger partial charge is 0.413 e. The predicted molar refractivity (Wildman–Crippen MR) is 45.5 cm³/mol. The molecule has 0 aromatic carbocycles. The average Bonchev–Trinajstić information content (AvgIpc) is 1.54. The molecule has 0 aliphatic rings. The van der Waals surface area contributed by atoms with E-state index in [1.165, 1.54) is 4.31 Å². The molecule has 0 aliphatic carbocycles. The van der Waals surface area contributed by atoms with Crippen LogP contribution in [-0.4, -0.2) is 20.5 Å². The van der Waals surface area contributed by atoms with E-state index in [4.69, 9.17) is 5.14 Å². The second kappa shape index (κ2) is 3.51. The highest BCUT2D eigenvalue weighted by atomic mass is 32.2. The fourth-order valence-electron chi connectivity index (χ4n) is 1.18. The van der Waals surface area contributed by atoms with Gasteiger partial charge in [0.1, 0.15) is 12.1 Å². The Hall–Kier alpha value is -0.130. The lowest BCUT2D eigenvalue weighted by atomic mass is 10.3. The zero-order chi connectivity index (χ0) is 9.23. The van der Waals surface area contributed by atoms with Gasteiger partial charge in [-0.15, -0.1) is 0 Å². The van der Waals surface area contributed by atoms with Crippen LogP contribution in [0.2, 0.25) is 0 Å². The first kappa shape index (κ1) is 10.9. The first-order valence-electron chi connectivity index (χ1n) is 3.58. The van der Waals surface area contributed by atoms with Crippen molar-refractivity contribution in [2.24, 2.45) is 5.14 Å². The van der Waals surface area contributed by atoms with Gasteiger partial charge >= 0.3 is 10.2 Å². The van der Waals surface area contributed by atoms with Crippen molar-refractivity contribution in [3.8, 4) is 0 Å². The van der Waals surface area contributed by atoms with E-state index in [1.54, 1.807) is 27.7 Å². The molecule has 0 bridgehead atoms. The van der Waals surface area contributed by atoms with Gasteiger partial charge in [0, 0.05) is 0 Å². The molecule has 0 amide bonds. The summed E-state index contributed by atoms with van der Waals surface area (Å²) < 4.78 is 23.1. The summed E-state index contributed by atoms with van der Waals surface area (Å²) in [5.41, 5.74) is 0. The van der Waals surface area contributed by atoms with Crippen LogP contribution < -0.4 is 9.44 Å². The smallest absolute Gasteiger partial charge is 0.178 e. The molecule has 0 fully saturated rings. The van der Waals surface area contributed by atoms with E-state index < -0.39 is 10.2 Å². The lowest BCUT2D eigenvalue weighted by molar-refractivity contribution is 0.408. The van der Waals surface area contributed by atoms with E-state index in [9.17, 15) is 8.42 Å². The molecule has 0 aromatic rings. The summed E-state index contributed by atoms with van der Waals surface area (Å²) in [6.07, 6.45) is 0. The number of hydrogen-bond donors (Lipinski definition) is 1. The molecule has 0 aromatic heterocycles. The van der Waals surface area contributed by atoms with Gasteiger partial charge in [-0.25, -0.2) is 0 Å². The van der Waals surface area contributed by atoms with E-state index >= 15 is 0 Å². The molecule has 2 N–H and O–H groups in total. The maximum absolute atomic E-state index is 10.9. The van der Waals surface area contributed by atoms with E-state index in [0.29, 0.717) is 0 Å². The van der Waals surface area contributed by atoms with Crippen molar-refractivity contribution >= 4 is 10.2 Å². The van der Waals surface area contributed by atoms with E-state index in [1.807, 2.05) is 0 Å². The Morgan fingerprint density at radius 1 is 1.09 bits per heavy atom. The normalized spacial score (nSPS) is 13.5. The Labute approximate surface area is 68.6 Å². The minimum absolute atomic E-state index is 0.0787. The van der Waals surface area contributed by atoms with Crippen molar-refractivity contribution in [1.82, 2.24) is 4.31 Å². The van der Waals surface area contributed by atoms with Crippen LogP contribution >= 0.6 is 0 Å². The van der Waals surface area contributed by atoms with Crippen molar-refractivity contribution in [3.05, 3.63) is 0 Å². The van der Waals surface area contributed by atoms with Crippen molar-refractivity contribution < 1.29 is 8.42 Å². The van der Waals surface area contributed by atoms with E-state index in [0.717, 1.165) is 0 Å². The molecule has 67 valence electrons. The van der Waals surface area contributed by atoms with Crippen LogP contribution in [0, 0.1) is 0 Å². The monoisotopic (exact) mass is 180 g/mol. The van der Waals surface area contributed by atoms with Crippen LogP contribution in [0.25, 0.3) is 0 Å². The fraction of sp³-hybridized carbons (Fsp3) is 1.00. The first-order chi connectivity index (χ1) is 4.76. The van der Waals surface area contributed by atoms with Gasteiger partial charge in [-0.05, 0) is 32.0 Å². The highest BCUT2D eigenvalue weighted by molar-refractivity contribution is 7.87. The zero-order valence-electron chi connectivity index (χ0n) is 7.40. The highest BCUT2D eigenvalue weighted by Gasteiger charge is 2.34. The second-order valence-corrected chi connectivity index (χ2v) is 4.51. The second-order valence-electron chi connectivity index (χ2n) is 3.06. The molecule has 0 spiro atoms. The number of nitrogens with two attached hydrogens (primary N) is 1. The summed E-state index contributed by atoms with van der Waals surface area (Å²) in [4.78, 5) is 0. The van der Waals surface area contributed by atoms with Crippen molar-refractivity contribution in [1.29, 1.82) is 0 Å². The molecule has 0 atom stereocenters. The maximum atomic E-state index is 10.9. The maximum Gasteiger partial charge on any atom is 0.413 e. The third-order valence-corrected chi connectivity index (χ3v) is 2.74. The lowest BCUT2D eigenvalue weighted by Gasteiger charge is -2.15. The summed E-state index contributed by atoms with van der Waals surface area (Å²) in [7, 11) is -3.53. The quantitative estimate of drug-likeness (QED) is 0.628. The topological polar surface area (TPSA) is 66.1 Å². The Bertz CT molecular complexity index is 201. The van der Waals surface area contributed by atoms with E-state index in [2.05, 4.69) is 0 Å². The molecule has 0 saturated carbocycles. The number of nitrogens with zero attached hydrogens (tertiary/aromatic N) is 1. The summed E-state index contributed by atoms with van der Waals surface area (Å²) in [5, 5.41) is 4.98. The van der Waals surface area contributed by atoms with Crippen LogP contribution in [0.15, 0.2) is 0 Å². The summed E-state index contributed by atoms with van der Waals surface area (Å²) in [5.74, 6) is 0. The lowest BCUT2D eigenvalue weighted by Crippen LogP contribution is -2.50. The molecule has 0 aliphatic heterocycles. The summed E-state index contributed by atoms with van der Waals surface area (Å²) in [6, 6.07) is -0.157. The minimum Gasteiger partial charge on any atom is -0.178 e. The van der Waals surface area contributed by atoms with Gasteiger partial charge in [0.2, 0.25) is 0 Å². The third kappa shape index (κ3) is 3.18. The molecular weight excluding hydrogens is 164 g/mol. The van der Waals surface area contributed by atoms with Gasteiger partial charge in [-0.3, -0.25) is 0 Å². The summed E-state index contributed by atoms with van der Waals surface area (Å²) in [6.45, 7) is 7.18. The Morgan fingerprint density at radius 3 is 1.36 bits per heavy atom. The minimum atomic E-state index is -3.53. The van der Waals surface area contributed by atoms with Gasteiger partial charge in [0.05, 0.1) is 0 Å². The van der Waals surface area contributed by atoms with Gasteiger partial charge in [0.25, 0.3) is 0 Å². The third-order valence-electron chi connectivity index (χ3n) is 1.31. The molecule has 5 heteroatoms. The molecular formula is C6H16N2O2S+. The van der Waals surface area contributed by atoms with Crippen LogP contribution in [0.1, 0.15) is 27.7 Å². The zero-order valence-corrected chi connectivity index (χ0v) is 8.22. The van der Waals surface area contributed by atoms with Crippen molar-refractivity contribution in [3.63, 3.8) is 0 Å². The molecule has 4 nitrogen and oxygen atoms in total. The number of hydrogen-bond acceptors (Lipinski definition) is 2.